The number of carboxylic acids is 1. The minimum atomic E-state index is -0.916. The highest BCUT2D eigenvalue weighted by Crippen LogP contribution is 2.25. The van der Waals surface area contributed by atoms with Gasteiger partial charge in [-0.1, -0.05) is 12.8 Å². The molecule has 1 amide bonds. The Labute approximate surface area is 109 Å². The molecule has 0 saturated heterocycles. The quantitative estimate of drug-likeness (QED) is 0.870. The first kappa shape index (κ1) is 13.5. The van der Waals surface area contributed by atoms with Gasteiger partial charge in [-0.15, -0.1) is 0 Å². The molecule has 0 aliphatic heterocycles. The molecule has 0 radical (unpaired) electrons. The second-order valence-electron chi connectivity index (χ2n) is 4.66. The van der Waals surface area contributed by atoms with E-state index in [-0.39, 0.29) is 5.56 Å². The van der Waals surface area contributed by atoms with Crippen molar-refractivity contribution < 1.29 is 19.1 Å². The summed E-state index contributed by atoms with van der Waals surface area (Å²) in [6.07, 6.45) is 5.15. The maximum atomic E-state index is 13.4. The van der Waals surface area contributed by atoms with Crippen LogP contribution in [0.5, 0.6) is 0 Å². The topological polar surface area (TPSA) is 79.3 Å². The maximum Gasteiger partial charge on any atom is 0.308 e. The molecule has 5 nitrogen and oxygen atoms in total. The van der Waals surface area contributed by atoms with Crippen LogP contribution >= 0.6 is 0 Å². The molecule has 1 fully saturated rings. The number of carbonyl (C=O) groups excluding carboxylic acids is 1. The molecule has 19 heavy (non-hydrogen) atoms. The molecular formula is C13H15FN2O3. The lowest BCUT2D eigenvalue weighted by Gasteiger charge is -2.29. The molecule has 2 atom stereocenters. The molecule has 1 aromatic heterocycles. The highest BCUT2D eigenvalue weighted by molar-refractivity contribution is 5.94. The molecule has 1 aliphatic carbocycles. The van der Waals surface area contributed by atoms with Crippen molar-refractivity contribution in [2.24, 2.45) is 5.92 Å². The molecule has 0 spiro atoms. The van der Waals surface area contributed by atoms with Gasteiger partial charge in [0, 0.05) is 12.2 Å². The zero-order chi connectivity index (χ0) is 13.8. The molecule has 0 bridgehead atoms. The molecular weight excluding hydrogens is 251 g/mol. The van der Waals surface area contributed by atoms with Crippen molar-refractivity contribution in [1.82, 2.24) is 10.3 Å². The Morgan fingerprint density at radius 3 is 2.79 bits per heavy atom. The summed E-state index contributed by atoms with van der Waals surface area (Å²) < 4.78 is 13.4. The lowest BCUT2D eigenvalue weighted by atomic mass is 9.84. The Balaban J connectivity index is 2.09. The van der Waals surface area contributed by atoms with Crippen molar-refractivity contribution in [3.05, 3.63) is 29.8 Å². The molecule has 0 aromatic carbocycles. The van der Waals surface area contributed by atoms with Gasteiger partial charge in [0.15, 0.2) is 5.82 Å². The number of pyridine rings is 1. The first-order valence-electron chi connectivity index (χ1n) is 6.23. The Morgan fingerprint density at radius 2 is 2.11 bits per heavy atom. The van der Waals surface area contributed by atoms with Crippen LogP contribution in [-0.4, -0.2) is 28.0 Å². The largest absolute Gasteiger partial charge is 0.481 e. The minimum absolute atomic E-state index is 0.107. The Morgan fingerprint density at radius 1 is 1.37 bits per heavy atom. The van der Waals surface area contributed by atoms with Gasteiger partial charge in [0.25, 0.3) is 5.91 Å². The van der Waals surface area contributed by atoms with Crippen molar-refractivity contribution in [1.29, 1.82) is 0 Å². The average Bonchev–Trinajstić information content (AvgIpc) is 2.39. The van der Waals surface area contributed by atoms with Crippen LogP contribution in [0.2, 0.25) is 0 Å². The van der Waals surface area contributed by atoms with E-state index < -0.39 is 29.7 Å². The second kappa shape index (κ2) is 5.77. The van der Waals surface area contributed by atoms with Crippen molar-refractivity contribution >= 4 is 11.9 Å². The molecule has 2 N–H and O–H groups in total. The van der Waals surface area contributed by atoms with Gasteiger partial charge >= 0.3 is 5.97 Å². The van der Waals surface area contributed by atoms with Crippen molar-refractivity contribution in [2.75, 3.05) is 0 Å². The summed E-state index contributed by atoms with van der Waals surface area (Å²) in [6, 6.07) is 0.842. The van der Waals surface area contributed by atoms with Gasteiger partial charge in [0.2, 0.25) is 0 Å². The van der Waals surface area contributed by atoms with Gasteiger partial charge < -0.3 is 10.4 Å². The number of amides is 1. The van der Waals surface area contributed by atoms with Crippen LogP contribution in [0.1, 0.15) is 36.0 Å². The van der Waals surface area contributed by atoms with Crippen molar-refractivity contribution in [3.63, 3.8) is 0 Å². The fraction of sp³-hybridized carbons (Fsp3) is 0.462. The zero-order valence-electron chi connectivity index (χ0n) is 10.3. The number of nitrogens with one attached hydrogen (secondary N) is 1. The lowest BCUT2D eigenvalue weighted by molar-refractivity contribution is -0.143. The van der Waals surface area contributed by atoms with E-state index in [1.54, 1.807) is 0 Å². The summed E-state index contributed by atoms with van der Waals surface area (Å²) in [5.74, 6) is -2.80. The second-order valence-corrected chi connectivity index (χ2v) is 4.66. The summed E-state index contributed by atoms with van der Waals surface area (Å²) in [5, 5.41) is 11.7. The number of aromatic nitrogens is 1. The fourth-order valence-electron chi connectivity index (χ4n) is 2.40. The first-order valence-corrected chi connectivity index (χ1v) is 6.23. The van der Waals surface area contributed by atoms with Crippen LogP contribution in [0, 0.1) is 11.7 Å². The highest BCUT2D eigenvalue weighted by atomic mass is 19.1. The van der Waals surface area contributed by atoms with Crippen LogP contribution in [0.4, 0.5) is 4.39 Å². The summed E-state index contributed by atoms with van der Waals surface area (Å²) in [7, 11) is 0. The normalized spacial score (nSPS) is 22.8. The van der Waals surface area contributed by atoms with E-state index in [9.17, 15) is 14.0 Å². The molecule has 2 rings (SSSR count). The molecule has 6 heteroatoms. The SMILES string of the molecule is O=C(NC1CCCCC1C(=O)O)c1ccncc1F. The minimum Gasteiger partial charge on any atom is -0.481 e. The van der Waals surface area contributed by atoms with E-state index in [2.05, 4.69) is 10.3 Å². The summed E-state index contributed by atoms with van der Waals surface area (Å²) in [5.41, 5.74) is -0.107. The van der Waals surface area contributed by atoms with E-state index in [4.69, 9.17) is 5.11 Å². The first-order chi connectivity index (χ1) is 9.09. The summed E-state index contributed by atoms with van der Waals surface area (Å²) in [4.78, 5) is 26.6. The predicted octanol–water partition coefficient (Wildman–Crippen LogP) is 1.59. The van der Waals surface area contributed by atoms with E-state index in [1.165, 1.54) is 12.3 Å². The standard InChI is InChI=1S/C13H15FN2O3/c14-10-7-15-6-5-8(10)12(17)16-11-4-2-1-3-9(11)13(18)19/h5-7,9,11H,1-4H2,(H,16,17)(H,18,19). The molecule has 1 saturated carbocycles. The highest BCUT2D eigenvalue weighted by Gasteiger charge is 2.32. The zero-order valence-corrected chi connectivity index (χ0v) is 10.3. The average molecular weight is 266 g/mol. The third kappa shape index (κ3) is 3.07. The smallest absolute Gasteiger partial charge is 0.308 e. The van der Waals surface area contributed by atoms with Crippen LogP contribution in [0.25, 0.3) is 0 Å². The van der Waals surface area contributed by atoms with Gasteiger partial charge in [-0.2, -0.15) is 0 Å². The van der Waals surface area contributed by atoms with E-state index in [0.717, 1.165) is 19.0 Å². The van der Waals surface area contributed by atoms with Gasteiger partial charge in [-0.05, 0) is 18.9 Å². The van der Waals surface area contributed by atoms with E-state index in [1.807, 2.05) is 0 Å². The maximum absolute atomic E-state index is 13.4. The lowest BCUT2D eigenvalue weighted by Crippen LogP contribution is -2.45. The summed E-state index contributed by atoms with van der Waals surface area (Å²) in [6.45, 7) is 0. The number of rotatable bonds is 3. The number of aliphatic carboxylic acids is 1. The molecule has 1 aromatic rings. The van der Waals surface area contributed by atoms with Crippen LogP contribution in [-0.2, 0) is 4.79 Å². The number of hydrogen-bond acceptors (Lipinski definition) is 3. The fourth-order valence-corrected chi connectivity index (χ4v) is 2.40. The van der Waals surface area contributed by atoms with Crippen molar-refractivity contribution in [3.8, 4) is 0 Å². The Kier molecular flexibility index (Phi) is 4.09. The van der Waals surface area contributed by atoms with Gasteiger partial charge in [-0.3, -0.25) is 14.6 Å². The van der Waals surface area contributed by atoms with Gasteiger partial charge in [0.1, 0.15) is 0 Å². The monoisotopic (exact) mass is 266 g/mol. The van der Waals surface area contributed by atoms with E-state index >= 15 is 0 Å². The third-order valence-corrected chi connectivity index (χ3v) is 3.42. The van der Waals surface area contributed by atoms with Crippen LogP contribution < -0.4 is 5.32 Å². The third-order valence-electron chi connectivity index (χ3n) is 3.42. The molecule has 1 aliphatic rings. The summed E-state index contributed by atoms with van der Waals surface area (Å²) >= 11 is 0. The van der Waals surface area contributed by atoms with Crippen LogP contribution in [0.3, 0.4) is 0 Å². The van der Waals surface area contributed by atoms with Crippen LogP contribution in [0.15, 0.2) is 18.5 Å². The predicted molar refractivity (Wildman–Crippen MR) is 65.0 cm³/mol. The number of carboxylic acid groups (broad SMARTS) is 1. The molecule has 102 valence electrons. The van der Waals surface area contributed by atoms with Gasteiger partial charge in [-0.25, -0.2) is 4.39 Å². The number of hydrogen-bond donors (Lipinski definition) is 2. The Bertz CT molecular complexity index is 493. The number of carbonyl (C=O) groups is 2. The van der Waals surface area contributed by atoms with Gasteiger partial charge in [0.05, 0.1) is 17.7 Å². The number of nitrogens with zero attached hydrogens (tertiary/aromatic N) is 1. The van der Waals surface area contributed by atoms with E-state index in [0.29, 0.717) is 12.8 Å². The Hall–Kier alpha value is -1.98. The molecule has 2 unspecified atom stereocenters. The molecule has 1 heterocycles. The number of halogens is 1. The van der Waals surface area contributed by atoms with Crippen molar-refractivity contribution in [2.45, 2.75) is 31.7 Å².